The predicted octanol–water partition coefficient (Wildman–Crippen LogP) is 3.27. The van der Waals surface area contributed by atoms with Crippen LogP contribution in [0.25, 0.3) is 0 Å². The van der Waals surface area contributed by atoms with Crippen LogP contribution in [-0.2, 0) is 0 Å². The largest absolute Gasteiger partial charge is 0.389 e. The summed E-state index contributed by atoms with van der Waals surface area (Å²) in [7, 11) is 0. The topological polar surface area (TPSA) is 49.3 Å². The lowest BCUT2D eigenvalue weighted by molar-refractivity contribution is 0.101. The second-order valence-electron chi connectivity index (χ2n) is 4.31. The lowest BCUT2D eigenvalue weighted by Crippen LogP contribution is -2.17. The maximum Gasteiger partial charge on any atom is 0.261 e. The first-order valence-electron chi connectivity index (χ1n) is 6.03. The highest BCUT2D eigenvalue weighted by Crippen LogP contribution is 2.23. The average molecular weight is 277 g/mol. The number of aliphatic hydroxyl groups excluding tert-OH is 1. The fourth-order valence-corrected chi connectivity index (χ4v) is 1.87. The summed E-state index contributed by atoms with van der Waals surface area (Å²) in [6, 6.07) is 9.74. The molecule has 20 heavy (non-hydrogen) atoms. The molecule has 2 N–H and O–H groups in total. The van der Waals surface area contributed by atoms with Crippen molar-refractivity contribution in [3.8, 4) is 0 Å². The highest BCUT2D eigenvalue weighted by Gasteiger charge is 2.18. The third kappa shape index (κ3) is 2.83. The molecule has 0 radical (unpaired) electrons. The van der Waals surface area contributed by atoms with Crippen LogP contribution in [0.4, 0.5) is 14.5 Å². The van der Waals surface area contributed by atoms with E-state index in [4.69, 9.17) is 0 Å². The molecule has 1 amide bonds. The molecule has 0 fully saturated rings. The maximum absolute atomic E-state index is 13.5. The van der Waals surface area contributed by atoms with E-state index in [9.17, 15) is 18.7 Å². The fourth-order valence-electron chi connectivity index (χ4n) is 1.87. The van der Waals surface area contributed by atoms with Crippen molar-refractivity contribution < 1.29 is 18.7 Å². The molecule has 0 spiro atoms. The Morgan fingerprint density at radius 1 is 1.10 bits per heavy atom. The Hall–Kier alpha value is -2.27. The van der Waals surface area contributed by atoms with Crippen molar-refractivity contribution in [2.75, 3.05) is 5.32 Å². The zero-order valence-corrected chi connectivity index (χ0v) is 10.7. The van der Waals surface area contributed by atoms with Gasteiger partial charge in [0.15, 0.2) is 0 Å². The minimum absolute atomic E-state index is 0.315. The Kier molecular flexibility index (Phi) is 4.10. The van der Waals surface area contributed by atoms with E-state index in [1.54, 1.807) is 24.3 Å². The minimum Gasteiger partial charge on any atom is -0.389 e. The van der Waals surface area contributed by atoms with Crippen molar-refractivity contribution in [3.05, 3.63) is 65.2 Å². The van der Waals surface area contributed by atoms with E-state index < -0.39 is 29.2 Å². The molecule has 0 aliphatic carbocycles. The monoisotopic (exact) mass is 277 g/mol. The SMILES string of the molecule is CC(O)c1ccccc1NC(=O)c1c(F)cccc1F. The van der Waals surface area contributed by atoms with Crippen LogP contribution >= 0.6 is 0 Å². The lowest BCUT2D eigenvalue weighted by atomic mass is 10.1. The summed E-state index contributed by atoms with van der Waals surface area (Å²) in [6.07, 6.45) is -0.808. The van der Waals surface area contributed by atoms with Gasteiger partial charge in [0.05, 0.1) is 6.10 Å². The number of hydrogen-bond donors (Lipinski definition) is 2. The van der Waals surface area contributed by atoms with Crippen LogP contribution in [0, 0.1) is 11.6 Å². The second kappa shape index (κ2) is 5.79. The van der Waals surface area contributed by atoms with Crippen LogP contribution in [0.15, 0.2) is 42.5 Å². The van der Waals surface area contributed by atoms with Crippen molar-refractivity contribution in [1.82, 2.24) is 0 Å². The highest BCUT2D eigenvalue weighted by molar-refractivity contribution is 6.05. The van der Waals surface area contributed by atoms with Gasteiger partial charge in [0, 0.05) is 11.3 Å². The number of benzene rings is 2. The number of rotatable bonds is 3. The fraction of sp³-hybridized carbons (Fsp3) is 0.133. The summed E-state index contributed by atoms with van der Waals surface area (Å²) in [5.41, 5.74) is 0.139. The predicted molar refractivity (Wildman–Crippen MR) is 71.4 cm³/mol. The molecule has 0 aromatic heterocycles. The van der Waals surface area contributed by atoms with Crippen LogP contribution in [0.1, 0.15) is 28.9 Å². The molecule has 0 aliphatic heterocycles. The number of hydrogen-bond acceptors (Lipinski definition) is 2. The Balaban J connectivity index is 2.33. The van der Waals surface area contributed by atoms with Gasteiger partial charge in [0.1, 0.15) is 17.2 Å². The Bertz CT molecular complexity index is 621. The van der Waals surface area contributed by atoms with Crippen LogP contribution < -0.4 is 5.32 Å². The van der Waals surface area contributed by atoms with Gasteiger partial charge >= 0.3 is 0 Å². The van der Waals surface area contributed by atoms with E-state index in [1.807, 2.05) is 0 Å². The van der Waals surface area contributed by atoms with Gasteiger partial charge in [-0.15, -0.1) is 0 Å². The summed E-state index contributed by atoms with van der Waals surface area (Å²) in [4.78, 5) is 12.0. The van der Waals surface area contributed by atoms with E-state index in [0.29, 0.717) is 11.3 Å². The average Bonchev–Trinajstić information content (AvgIpc) is 2.38. The normalized spacial score (nSPS) is 12.0. The van der Waals surface area contributed by atoms with Crippen LogP contribution in [0.5, 0.6) is 0 Å². The summed E-state index contributed by atoms with van der Waals surface area (Å²) in [5, 5.41) is 12.0. The van der Waals surface area contributed by atoms with E-state index in [0.717, 1.165) is 12.1 Å². The van der Waals surface area contributed by atoms with Crippen molar-refractivity contribution >= 4 is 11.6 Å². The number of para-hydroxylation sites is 1. The van der Waals surface area contributed by atoms with Crippen molar-refractivity contribution in [1.29, 1.82) is 0 Å². The van der Waals surface area contributed by atoms with Gasteiger partial charge in [-0.25, -0.2) is 8.78 Å². The van der Waals surface area contributed by atoms with Gasteiger partial charge in [-0.3, -0.25) is 4.79 Å². The first-order chi connectivity index (χ1) is 9.50. The van der Waals surface area contributed by atoms with Crippen molar-refractivity contribution in [2.45, 2.75) is 13.0 Å². The van der Waals surface area contributed by atoms with Crippen LogP contribution in [0.2, 0.25) is 0 Å². The Morgan fingerprint density at radius 2 is 1.70 bits per heavy atom. The van der Waals surface area contributed by atoms with E-state index in [1.165, 1.54) is 13.0 Å². The molecule has 0 heterocycles. The second-order valence-corrected chi connectivity index (χ2v) is 4.31. The van der Waals surface area contributed by atoms with E-state index in [-0.39, 0.29) is 0 Å². The zero-order valence-electron chi connectivity index (χ0n) is 10.7. The maximum atomic E-state index is 13.5. The molecule has 2 aromatic carbocycles. The molecule has 2 aromatic rings. The molecule has 2 rings (SSSR count). The Morgan fingerprint density at radius 3 is 2.30 bits per heavy atom. The first-order valence-corrected chi connectivity index (χ1v) is 6.03. The summed E-state index contributed by atoms with van der Waals surface area (Å²) >= 11 is 0. The molecule has 0 saturated heterocycles. The number of carbonyl (C=O) groups excluding carboxylic acids is 1. The molecule has 0 aliphatic rings. The summed E-state index contributed by atoms with van der Waals surface area (Å²) in [5.74, 6) is -2.76. The zero-order chi connectivity index (χ0) is 14.7. The van der Waals surface area contributed by atoms with Gasteiger partial charge in [-0.2, -0.15) is 0 Å². The van der Waals surface area contributed by atoms with Crippen molar-refractivity contribution in [3.63, 3.8) is 0 Å². The first kappa shape index (κ1) is 14.1. The van der Waals surface area contributed by atoms with Gasteiger partial charge in [0.2, 0.25) is 0 Å². The third-order valence-electron chi connectivity index (χ3n) is 2.85. The molecular formula is C15H13F2NO2. The number of carbonyl (C=O) groups is 1. The smallest absolute Gasteiger partial charge is 0.261 e. The molecule has 0 bridgehead atoms. The number of aliphatic hydroxyl groups is 1. The molecule has 104 valence electrons. The van der Waals surface area contributed by atoms with Crippen molar-refractivity contribution in [2.24, 2.45) is 0 Å². The van der Waals surface area contributed by atoms with Gasteiger partial charge in [-0.05, 0) is 25.1 Å². The third-order valence-corrected chi connectivity index (χ3v) is 2.85. The minimum atomic E-state index is -0.933. The molecule has 3 nitrogen and oxygen atoms in total. The van der Waals surface area contributed by atoms with Crippen LogP contribution in [-0.4, -0.2) is 11.0 Å². The summed E-state index contributed by atoms with van der Waals surface area (Å²) in [6.45, 7) is 1.54. The number of halogens is 2. The van der Waals surface area contributed by atoms with Gasteiger partial charge in [-0.1, -0.05) is 24.3 Å². The summed E-state index contributed by atoms with van der Waals surface area (Å²) < 4.78 is 27.0. The van der Waals surface area contributed by atoms with E-state index in [2.05, 4.69) is 5.32 Å². The number of amides is 1. The van der Waals surface area contributed by atoms with Gasteiger partial charge < -0.3 is 10.4 Å². The number of nitrogens with one attached hydrogen (secondary N) is 1. The van der Waals surface area contributed by atoms with E-state index >= 15 is 0 Å². The van der Waals surface area contributed by atoms with Crippen LogP contribution in [0.3, 0.4) is 0 Å². The molecule has 5 heteroatoms. The highest BCUT2D eigenvalue weighted by atomic mass is 19.1. The molecule has 1 unspecified atom stereocenters. The molecule has 0 saturated carbocycles. The quantitative estimate of drug-likeness (QED) is 0.904. The molecule has 1 atom stereocenters. The molecular weight excluding hydrogens is 264 g/mol. The van der Waals surface area contributed by atoms with Gasteiger partial charge in [0.25, 0.3) is 5.91 Å². The standard InChI is InChI=1S/C15H13F2NO2/c1-9(19)10-5-2-3-8-13(10)18-15(20)14-11(16)6-4-7-12(14)17/h2-9,19H,1H3,(H,18,20). The number of anilines is 1. The Labute approximate surface area is 114 Å². The lowest BCUT2D eigenvalue weighted by Gasteiger charge is -2.13.